The standard InChI is InChI=1S/C22H22N2O2/c1-17(25)26-22-11-7-10-21(16-22)24(19-8-5-4-6-9-19)20-14-12-18(13-15-20)23(2)3/h4-16H,1-3H3. The zero-order valence-electron chi connectivity index (χ0n) is 15.2. The molecule has 0 amide bonds. The highest BCUT2D eigenvalue weighted by molar-refractivity contribution is 5.78. The number of para-hydroxylation sites is 1. The van der Waals surface area contributed by atoms with E-state index in [9.17, 15) is 4.79 Å². The van der Waals surface area contributed by atoms with Crippen LogP contribution >= 0.6 is 0 Å². The molecular weight excluding hydrogens is 324 g/mol. The van der Waals surface area contributed by atoms with Crippen molar-refractivity contribution in [3.8, 4) is 5.75 Å². The van der Waals surface area contributed by atoms with Gasteiger partial charge in [0.1, 0.15) is 5.75 Å². The number of esters is 1. The third-order valence-corrected chi connectivity index (χ3v) is 3.98. The highest BCUT2D eigenvalue weighted by Gasteiger charge is 2.13. The predicted octanol–water partition coefficient (Wildman–Crippen LogP) is 5.15. The van der Waals surface area contributed by atoms with Crippen LogP contribution in [0.25, 0.3) is 0 Å². The minimum atomic E-state index is -0.330. The van der Waals surface area contributed by atoms with Gasteiger partial charge in [0, 0.05) is 49.8 Å². The largest absolute Gasteiger partial charge is 0.427 e. The number of nitrogens with zero attached hydrogens (tertiary/aromatic N) is 2. The van der Waals surface area contributed by atoms with E-state index in [1.54, 1.807) is 6.07 Å². The predicted molar refractivity (Wildman–Crippen MR) is 107 cm³/mol. The summed E-state index contributed by atoms with van der Waals surface area (Å²) < 4.78 is 5.26. The molecule has 0 aliphatic heterocycles. The fourth-order valence-electron chi connectivity index (χ4n) is 2.78. The van der Waals surface area contributed by atoms with Gasteiger partial charge in [0.05, 0.1) is 0 Å². The molecule has 4 nitrogen and oxygen atoms in total. The van der Waals surface area contributed by atoms with Crippen LogP contribution in [-0.4, -0.2) is 20.1 Å². The van der Waals surface area contributed by atoms with Gasteiger partial charge in [-0.15, -0.1) is 0 Å². The van der Waals surface area contributed by atoms with Crippen molar-refractivity contribution in [3.63, 3.8) is 0 Å². The van der Waals surface area contributed by atoms with Crippen LogP contribution in [0.1, 0.15) is 6.92 Å². The van der Waals surface area contributed by atoms with E-state index >= 15 is 0 Å². The van der Waals surface area contributed by atoms with Crippen LogP contribution in [0.3, 0.4) is 0 Å². The Morgan fingerprint density at radius 3 is 1.92 bits per heavy atom. The Kier molecular flexibility index (Phi) is 5.23. The minimum Gasteiger partial charge on any atom is -0.427 e. The molecule has 3 aromatic rings. The lowest BCUT2D eigenvalue weighted by atomic mass is 10.1. The quantitative estimate of drug-likeness (QED) is 0.472. The van der Waals surface area contributed by atoms with E-state index in [-0.39, 0.29) is 5.97 Å². The first-order valence-corrected chi connectivity index (χ1v) is 8.45. The number of hydrogen-bond acceptors (Lipinski definition) is 4. The third kappa shape index (κ3) is 4.03. The van der Waals surface area contributed by atoms with Gasteiger partial charge in [0.15, 0.2) is 0 Å². The van der Waals surface area contributed by atoms with Crippen molar-refractivity contribution in [2.45, 2.75) is 6.92 Å². The maximum atomic E-state index is 11.3. The first kappa shape index (κ1) is 17.5. The number of benzene rings is 3. The van der Waals surface area contributed by atoms with Gasteiger partial charge in [-0.3, -0.25) is 4.79 Å². The molecule has 0 aromatic heterocycles. The number of carbonyl (C=O) groups is 1. The van der Waals surface area contributed by atoms with Gasteiger partial charge in [0.2, 0.25) is 0 Å². The van der Waals surface area contributed by atoms with Crippen molar-refractivity contribution in [2.24, 2.45) is 0 Å². The fraction of sp³-hybridized carbons (Fsp3) is 0.136. The molecular formula is C22H22N2O2. The van der Waals surface area contributed by atoms with E-state index in [4.69, 9.17) is 4.74 Å². The van der Waals surface area contributed by atoms with Gasteiger partial charge in [-0.05, 0) is 48.5 Å². The summed E-state index contributed by atoms with van der Waals surface area (Å²) in [6.45, 7) is 1.40. The van der Waals surface area contributed by atoms with Crippen LogP contribution < -0.4 is 14.5 Å². The van der Waals surface area contributed by atoms with Crippen LogP contribution in [-0.2, 0) is 4.79 Å². The van der Waals surface area contributed by atoms with Gasteiger partial charge < -0.3 is 14.5 Å². The first-order chi connectivity index (χ1) is 12.5. The average Bonchev–Trinajstić information content (AvgIpc) is 2.63. The van der Waals surface area contributed by atoms with Crippen molar-refractivity contribution in [3.05, 3.63) is 78.9 Å². The SMILES string of the molecule is CC(=O)Oc1cccc(N(c2ccccc2)c2ccc(N(C)C)cc2)c1. The molecule has 0 unspecified atom stereocenters. The van der Waals surface area contributed by atoms with Gasteiger partial charge in [0.25, 0.3) is 0 Å². The number of hydrogen-bond donors (Lipinski definition) is 0. The van der Waals surface area contributed by atoms with Crippen molar-refractivity contribution < 1.29 is 9.53 Å². The van der Waals surface area contributed by atoms with Crippen molar-refractivity contribution >= 4 is 28.7 Å². The van der Waals surface area contributed by atoms with Gasteiger partial charge in [-0.1, -0.05) is 24.3 Å². The van der Waals surface area contributed by atoms with Crippen molar-refractivity contribution in [1.82, 2.24) is 0 Å². The van der Waals surface area contributed by atoms with Gasteiger partial charge in [-0.2, -0.15) is 0 Å². The third-order valence-electron chi connectivity index (χ3n) is 3.98. The van der Waals surface area contributed by atoms with Gasteiger partial charge >= 0.3 is 5.97 Å². The molecule has 0 aliphatic carbocycles. The summed E-state index contributed by atoms with van der Waals surface area (Å²) in [5, 5.41) is 0. The van der Waals surface area contributed by atoms with Crippen LogP contribution in [0.4, 0.5) is 22.7 Å². The van der Waals surface area contributed by atoms with Crippen LogP contribution in [0.5, 0.6) is 5.75 Å². The van der Waals surface area contributed by atoms with E-state index in [2.05, 4.69) is 46.2 Å². The van der Waals surface area contributed by atoms with E-state index < -0.39 is 0 Å². The number of rotatable bonds is 5. The topological polar surface area (TPSA) is 32.8 Å². The van der Waals surface area contributed by atoms with E-state index in [1.165, 1.54) is 6.92 Å². The Morgan fingerprint density at radius 1 is 0.731 bits per heavy atom. The lowest BCUT2D eigenvalue weighted by Crippen LogP contribution is -2.12. The lowest BCUT2D eigenvalue weighted by molar-refractivity contribution is -0.131. The molecule has 0 fully saturated rings. The summed E-state index contributed by atoms with van der Waals surface area (Å²) in [7, 11) is 4.04. The highest BCUT2D eigenvalue weighted by Crippen LogP contribution is 2.36. The molecule has 3 aromatic carbocycles. The summed E-state index contributed by atoms with van der Waals surface area (Å²) in [5.41, 5.74) is 4.12. The Bertz CT molecular complexity index is 874. The molecule has 3 rings (SSSR count). The second-order valence-corrected chi connectivity index (χ2v) is 6.17. The second-order valence-electron chi connectivity index (χ2n) is 6.17. The number of anilines is 4. The van der Waals surface area contributed by atoms with E-state index in [0.717, 1.165) is 22.7 Å². The fourth-order valence-corrected chi connectivity index (χ4v) is 2.78. The molecule has 0 saturated heterocycles. The number of ether oxygens (including phenoxy) is 1. The molecule has 4 heteroatoms. The van der Waals surface area contributed by atoms with Gasteiger partial charge in [-0.25, -0.2) is 0 Å². The smallest absolute Gasteiger partial charge is 0.308 e. The Hall–Kier alpha value is -3.27. The van der Waals surface area contributed by atoms with Crippen LogP contribution in [0.15, 0.2) is 78.9 Å². The minimum absolute atomic E-state index is 0.330. The molecule has 0 bridgehead atoms. The molecule has 0 heterocycles. The van der Waals surface area contributed by atoms with Crippen LogP contribution in [0, 0.1) is 0 Å². The molecule has 0 spiro atoms. The average molecular weight is 346 g/mol. The Morgan fingerprint density at radius 2 is 1.31 bits per heavy atom. The monoisotopic (exact) mass is 346 g/mol. The molecule has 26 heavy (non-hydrogen) atoms. The molecule has 0 radical (unpaired) electrons. The molecule has 0 atom stereocenters. The summed E-state index contributed by atoms with van der Waals surface area (Å²) in [6.07, 6.45) is 0. The molecule has 0 saturated carbocycles. The molecule has 0 N–H and O–H groups in total. The highest BCUT2D eigenvalue weighted by atomic mass is 16.5. The molecule has 132 valence electrons. The molecule has 0 aliphatic rings. The van der Waals surface area contributed by atoms with E-state index in [1.807, 2.05) is 50.5 Å². The zero-order chi connectivity index (χ0) is 18.5. The van der Waals surface area contributed by atoms with Crippen LogP contribution in [0.2, 0.25) is 0 Å². The number of carbonyl (C=O) groups excluding carboxylic acids is 1. The Labute approximate surface area is 154 Å². The summed E-state index contributed by atoms with van der Waals surface area (Å²) in [4.78, 5) is 15.5. The van der Waals surface area contributed by atoms with Crippen molar-refractivity contribution in [1.29, 1.82) is 0 Å². The summed E-state index contributed by atoms with van der Waals surface area (Å²) in [5.74, 6) is 0.199. The summed E-state index contributed by atoms with van der Waals surface area (Å²) in [6, 6.07) is 26.0. The van der Waals surface area contributed by atoms with E-state index in [0.29, 0.717) is 5.75 Å². The normalized spacial score (nSPS) is 10.3. The lowest BCUT2D eigenvalue weighted by Gasteiger charge is -2.26. The van der Waals surface area contributed by atoms with Crippen molar-refractivity contribution in [2.75, 3.05) is 23.9 Å². The first-order valence-electron chi connectivity index (χ1n) is 8.45. The second kappa shape index (κ2) is 7.74. The maximum Gasteiger partial charge on any atom is 0.308 e. The zero-order valence-corrected chi connectivity index (χ0v) is 15.2. The Balaban J connectivity index is 2.06. The maximum absolute atomic E-state index is 11.3. The summed E-state index contributed by atoms with van der Waals surface area (Å²) >= 11 is 0.